The number of hydrogen-bond donors (Lipinski definition) is 0. The van der Waals surface area contributed by atoms with Crippen LogP contribution < -0.4 is 0 Å². The van der Waals surface area contributed by atoms with Gasteiger partial charge in [-0.25, -0.2) is 0 Å². The molecular formula is C45H37Si. The van der Waals surface area contributed by atoms with E-state index in [1.807, 2.05) is 0 Å². The molecule has 0 unspecified atom stereocenters. The molecule has 0 bridgehead atoms. The van der Waals surface area contributed by atoms with Crippen molar-refractivity contribution in [3.63, 3.8) is 0 Å². The molecule has 0 heterocycles. The lowest BCUT2D eigenvalue weighted by Gasteiger charge is -2.34. The maximum Gasteiger partial charge on any atom is 0.0737 e. The minimum absolute atomic E-state index is 0.405. The molecule has 1 heteroatoms. The van der Waals surface area contributed by atoms with Crippen molar-refractivity contribution >= 4 is 14.4 Å². The Kier molecular flexibility index (Phi) is 7.27. The molecule has 0 spiro atoms. The second kappa shape index (κ2) is 11.7. The highest BCUT2D eigenvalue weighted by molar-refractivity contribution is 6.64. The first kappa shape index (κ1) is 28.5. The Bertz CT molecular complexity index is 2000. The third kappa shape index (κ3) is 4.74. The molecule has 6 aromatic carbocycles. The van der Waals surface area contributed by atoms with E-state index in [-0.39, 0.29) is 0 Å². The SMILES string of the molecule is C[Si](C)C1=CC=C(c2ccc3c(c2)C(c2ccc(-c4ccccc4)cc2)(c2ccc(-c4ccccc4)cc2)c2ccccc2-3)CC1. The molecule has 0 N–H and O–H groups in total. The molecule has 0 fully saturated rings. The summed E-state index contributed by atoms with van der Waals surface area (Å²) in [4.78, 5) is 0. The first-order valence-corrected chi connectivity index (χ1v) is 18.9. The van der Waals surface area contributed by atoms with Crippen molar-refractivity contribution in [2.45, 2.75) is 31.4 Å². The van der Waals surface area contributed by atoms with E-state index < -0.39 is 14.2 Å². The molecular weight excluding hydrogens is 569 g/mol. The maximum atomic E-state index is 2.51. The first-order valence-electron chi connectivity index (χ1n) is 16.4. The van der Waals surface area contributed by atoms with Crippen molar-refractivity contribution in [3.05, 3.63) is 197 Å². The smallest absolute Gasteiger partial charge is 0.0737 e. The van der Waals surface area contributed by atoms with Crippen LogP contribution in [0.25, 0.3) is 39.0 Å². The van der Waals surface area contributed by atoms with Gasteiger partial charge in [0.1, 0.15) is 0 Å². The zero-order chi connectivity index (χ0) is 31.1. The topological polar surface area (TPSA) is 0 Å². The Balaban J connectivity index is 1.35. The van der Waals surface area contributed by atoms with Crippen molar-refractivity contribution in [3.8, 4) is 33.4 Å². The van der Waals surface area contributed by atoms with Gasteiger partial charge in [0, 0.05) is 0 Å². The lowest BCUT2D eigenvalue weighted by molar-refractivity contribution is 0.768. The quantitative estimate of drug-likeness (QED) is 0.165. The molecule has 0 saturated carbocycles. The molecule has 1 radical (unpaired) electrons. The van der Waals surface area contributed by atoms with Gasteiger partial charge in [-0.2, -0.15) is 0 Å². The number of benzene rings is 6. The summed E-state index contributed by atoms with van der Waals surface area (Å²) in [6.45, 7) is 4.81. The third-order valence-electron chi connectivity index (χ3n) is 10.1. The van der Waals surface area contributed by atoms with Crippen LogP contribution in [0.1, 0.15) is 40.7 Å². The number of rotatable bonds is 6. The van der Waals surface area contributed by atoms with Crippen molar-refractivity contribution in [2.24, 2.45) is 0 Å². The van der Waals surface area contributed by atoms with Crippen LogP contribution in [0.2, 0.25) is 13.1 Å². The fraction of sp³-hybridized carbons (Fsp3) is 0.111. The molecule has 6 aromatic rings. The standard InChI is InChI=1S/C45H37Si/c1-46(2)40-28-21-36(22-29-40)37-23-30-42-41-15-9-10-16-43(41)45(44(42)31-37,38-24-17-34(18-25-38)32-11-5-3-6-12-32)39-26-19-35(20-27-39)33-13-7-4-8-14-33/h3-21,23-28,30-31H,22,29H2,1-2H3. The Hall–Kier alpha value is -4.98. The molecule has 0 atom stereocenters. The minimum Gasteiger partial charge on any atom is -0.0828 e. The van der Waals surface area contributed by atoms with E-state index >= 15 is 0 Å². The van der Waals surface area contributed by atoms with E-state index in [1.165, 1.54) is 73.2 Å². The molecule has 0 saturated heterocycles. The predicted molar refractivity (Wildman–Crippen MR) is 197 cm³/mol. The Morgan fingerprint density at radius 3 is 1.48 bits per heavy atom. The van der Waals surface area contributed by atoms with Crippen molar-refractivity contribution < 1.29 is 0 Å². The number of hydrogen-bond acceptors (Lipinski definition) is 0. The predicted octanol–water partition coefficient (Wildman–Crippen LogP) is 11.8. The van der Waals surface area contributed by atoms with Crippen LogP contribution in [0.5, 0.6) is 0 Å². The second-order valence-electron chi connectivity index (χ2n) is 12.8. The van der Waals surface area contributed by atoms with Crippen LogP contribution in [0, 0.1) is 0 Å². The highest BCUT2D eigenvalue weighted by atomic mass is 28.3. The average Bonchev–Trinajstić information content (AvgIpc) is 3.43. The van der Waals surface area contributed by atoms with E-state index in [0.29, 0.717) is 0 Å². The Morgan fingerprint density at radius 2 is 0.935 bits per heavy atom. The Labute approximate surface area is 275 Å². The fourth-order valence-electron chi connectivity index (χ4n) is 7.65. The van der Waals surface area contributed by atoms with E-state index in [4.69, 9.17) is 0 Å². The maximum absolute atomic E-state index is 2.51. The number of allylic oxidation sites excluding steroid dienone is 4. The normalized spacial score (nSPS) is 14.8. The van der Waals surface area contributed by atoms with Gasteiger partial charge in [0.2, 0.25) is 0 Å². The van der Waals surface area contributed by atoms with Crippen LogP contribution in [-0.2, 0) is 5.41 Å². The minimum atomic E-state index is -0.439. The summed E-state index contributed by atoms with van der Waals surface area (Å²) in [5, 5.41) is 1.65. The molecule has 46 heavy (non-hydrogen) atoms. The van der Waals surface area contributed by atoms with E-state index in [2.05, 4.69) is 177 Å². The van der Waals surface area contributed by atoms with Gasteiger partial charge in [0.15, 0.2) is 0 Å². The van der Waals surface area contributed by atoms with Crippen LogP contribution in [0.4, 0.5) is 0 Å². The highest BCUT2D eigenvalue weighted by Gasteiger charge is 2.46. The summed E-state index contributed by atoms with van der Waals surface area (Å²) < 4.78 is 0. The summed E-state index contributed by atoms with van der Waals surface area (Å²) >= 11 is 0. The van der Waals surface area contributed by atoms with Crippen molar-refractivity contribution in [1.82, 2.24) is 0 Å². The van der Waals surface area contributed by atoms with Gasteiger partial charge in [0.25, 0.3) is 0 Å². The van der Waals surface area contributed by atoms with Gasteiger partial charge in [0.05, 0.1) is 14.2 Å². The monoisotopic (exact) mass is 605 g/mol. The Morgan fingerprint density at radius 1 is 0.435 bits per heavy atom. The van der Waals surface area contributed by atoms with Crippen LogP contribution in [-0.4, -0.2) is 8.80 Å². The molecule has 2 aliphatic carbocycles. The fourth-order valence-corrected chi connectivity index (χ4v) is 8.69. The van der Waals surface area contributed by atoms with Gasteiger partial charge >= 0.3 is 0 Å². The van der Waals surface area contributed by atoms with Gasteiger partial charge in [-0.3, -0.25) is 0 Å². The number of fused-ring (bicyclic) bond motifs is 3. The van der Waals surface area contributed by atoms with Crippen LogP contribution >= 0.6 is 0 Å². The molecule has 8 rings (SSSR count). The van der Waals surface area contributed by atoms with E-state index in [1.54, 1.807) is 5.20 Å². The van der Waals surface area contributed by atoms with Crippen molar-refractivity contribution in [1.29, 1.82) is 0 Å². The van der Waals surface area contributed by atoms with Crippen LogP contribution in [0.15, 0.2) is 169 Å². The van der Waals surface area contributed by atoms with Gasteiger partial charge in [-0.1, -0.05) is 176 Å². The van der Waals surface area contributed by atoms with E-state index in [9.17, 15) is 0 Å². The third-order valence-corrected chi connectivity index (χ3v) is 11.8. The van der Waals surface area contributed by atoms with Crippen molar-refractivity contribution in [2.75, 3.05) is 0 Å². The lowest BCUT2D eigenvalue weighted by atomic mass is 9.67. The summed E-state index contributed by atoms with van der Waals surface area (Å²) in [5.74, 6) is 0. The summed E-state index contributed by atoms with van der Waals surface area (Å²) in [6, 6.07) is 56.4. The zero-order valence-corrected chi connectivity index (χ0v) is 27.5. The zero-order valence-electron chi connectivity index (χ0n) is 26.5. The summed E-state index contributed by atoms with van der Waals surface area (Å²) in [5.41, 5.74) is 15.3. The van der Waals surface area contributed by atoms with Gasteiger partial charge in [-0.15, -0.1) is 0 Å². The van der Waals surface area contributed by atoms with E-state index in [0.717, 1.165) is 6.42 Å². The lowest BCUT2D eigenvalue weighted by Crippen LogP contribution is -2.28. The molecule has 0 amide bonds. The molecule has 0 aliphatic heterocycles. The summed E-state index contributed by atoms with van der Waals surface area (Å²) in [6.07, 6.45) is 7.09. The summed E-state index contributed by atoms with van der Waals surface area (Å²) in [7, 11) is -0.405. The van der Waals surface area contributed by atoms with Gasteiger partial charge < -0.3 is 0 Å². The molecule has 2 aliphatic rings. The molecule has 0 aromatic heterocycles. The largest absolute Gasteiger partial charge is 0.0828 e. The second-order valence-corrected chi connectivity index (χ2v) is 15.5. The molecule has 221 valence electrons. The van der Waals surface area contributed by atoms with Crippen LogP contribution in [0.3, 0.4) is 0 Å². The highest BCUT2D eigenvalue weighted by Crippen LogP contribution is 2.57. The average molecular weight is 606 g/mol. The molecule has 0 nitrogen and oxygen atoms in total. The van der Waals surface area contributed by atoms with Gasteiger partial charge in [-0.05, 0) is 85.7 Å². The first-order chi connectivity index (χ1) is 22.6.